The first kappa shape index (κ1) is 17.7. The Bertz CT molecular complexity index is 699. The van der Waals surface area contributed by atoms with Crippen molar-refractivity contribution in [1.29, 1.82) is 0 Å². The van der Waals surface area contributed by atoms with Crippen LogP contribution in [-0.2, 0) is 21.5 Å². The smallest absolute Gasteiger partial charge is 0.334 e. The zero-order valence-electron chi connectivity index (χ0n) is 13.8. The van der Waals surface area contributed by atoms with Gasteiger partial charge in [-0.1, -0.05) is 42.4 Å². The highest BCUT2D eigenvalue weighted by Crippen LogP contribution is 2.25. The summed E-state index contributed by atoms with van der Waals surface area (Å²) in [5.41, 5.74) is -0.861. The van der Waals surface area contributed by atoms with Gasteiger partial charge >= 0.3 is 5.97 Å². The van der Waals surface area contributed by atoms with Crippen LogP contribution in [0.4, 0.5) is 0 Å². The van der Waals surface area contributed by atoms with Gasteiger partial charge in [-0.05, 0) is 25.3 Å². The number of nitrogens with one attached hydrogen (secondary N) is 1. The van der Waals surface area contributed by atoms with Gasteiger partial charge in [-0.3, -0.25) is 4.79 Å². The van der Waals surface area contributed by atoms with Gasteiger partial charge < -0.3 is 14.9 Å². The molecular formula is C17H21N3O4. The van der Waals surface area contributed by atoms with Crippen LogP contribution in [0.2, 0.25) is 0 Å². The molecule has 0 saturated heterocycles. The van der Waals surface area contributed by atoms with Gasteiger partial charge in [-0.25, -0.2) is 4.79 Å². The zero-order chi connectivity index (χ0) is 17.6. The fourth-order valence-corrected chi connectivity index (χ4v) is 2.56. The number of amides is 1. The minimum atomic E-state index is -1.42. The third-order valence-corrected chi connectivity index (χ3v) is 3.88. The van der Waals surface area contributed by atoms with E-state index in [2.05, 4.69) is 15.5 Å². The number of carbonyl (C=O) groups excluding carboxylic acids is 1. The molecule has 0 spiro atoms. The zero-order valence-corrected chi connectivity index (χ0v) is 13.8. The van der Waals surface area contributed by atoms with Gasteiger partial charge in [0.25, 0.3) is 0 Å². The SMILES string of the molecule is CCC(NC(=O)CCCc1nc(C)no1)(C(=O)O)c1ccccc1. The van der Waals surface area contributed by atoms with Crippen molar-refractivity contribution >= 4 is 11.9 Å². The molecule has 0 aliphatic carbocycles. The molecule has 1 atom stereocenters. The summed E-state index contributed by atoms with van der Waals surface area (Å²) >= 11 is 0. The number of hydrogen-bond donors (Lipinski definition) is 2. The molecule has 0 aliphatic heterocycles. The molecule has 1 amide bonds. The lowest BCUT2D eigenvalue weighted by molar-refractivity contribution is -0.148. The predicted octanol–water partition coefficient (Wildman–Crippen LogP) is 2.21. The first-order valence-electron chi connectivity index (χ1n) is 7.87. The molecule has 0 radical (unpaired) electrons. The minimum Gasteiger partial charge on any atom is -0.479 e. The van der Waals surface area contributed by atoms with Gasteiger partial charge in [0.05, 0.1) is 0 Å². The Morgan fingerprint density at radius 1 is 1.29 bits per heavy atom. The van der Waals surface area contributed by atoms with Crippen LogP contribution >= 0.6 is 0 Å². The maximum Gasteiger partial charge on any atom is 0.334 e. The summed E-state index contributed by atoms with van der Waals surface area (Å²) in [6, 6.07) is 8.73. The lowest BCUT2D eigenvalue weighted by atomic mass is 9.87. The topological polar surface area (TPSA) is 105 Å². The molecule has 0 aliphatic rings. The van der Waals surface area contributed by atoms with E-state index in [0.29, 0.717) is 30.1 Å². The molecule has 0 saturated carbocycles. The van der Waals surface area contributed by atoms with Crippen molar-refractivity contribution in [2.75, 3.05) is 0 Å². The molecule has 1 heterocycles. The number of benzene rings is 1. The Labute approximate surface area is 140 Å². The maximum atomic E-state index is 12.2. The Morgan fingerprint density at radius 3 is 2.54 bits per heavy atom. The van der Waals surface area contributed by atoms with E-state index in [1.54, 1.807) is 44.2 Å². The van der Waals surface area contributed by atoms with Crippen LogP contribution in [0.15, 0.2) is 34.9 Å². The first-order valence-corrected chi connectivity index (χ1v) is 7.87. The summed E-state index contributed by atoms with van der Waals surface area (Å²) in [7, 11) is 0. The highest BCUT2D eigenvalue weighted by Gasteiger charge is 2.39. The van der Waals surface area contributed by atoms with Crippen molar-refractivity contribution in [3.63, 3.8) is 0 Å². The van der Waals surface area contributed by atoms with E-state index in [9.17, 15) is 14.7 Å². The molecule has 0 fully saturated rings. The number of aliphatic carboxylic acids is 1. The van der Waals surface area contributed by atoms with E-state index in [4.69, 9.17) is 4.52 Å². The van der Waals surface area contributed by atoms with Crippen molar-refractivity contribution in [2.45, 2.75) is 45.1 Å². The number of aryl methyl sites for hydroxylation is 2. The Balaban J connectivity index is 2.01. The van der Waals surface area contributed by atoms with Crippen molar-refractivity contribution in [3.05, 3.63) is 47.6 Å². The van der Waals surface area contributed by atoms with Gasteiger partial charge in [-0.15, -0.1) is 0 Å². The van der Waals surface area contributed by atoms with Gasteiger partial charge in [-0.2, -0.15) is 4.98 Å². The van der Waals surface area contributed by atoms with Crippen LogP contribution < -0.4 is 5.32 Å². The second-order valence-electron chi connectivity index (χ2n) is 5.57. The summed E-state index contributed by atoms with van der Waals surface area (Å²) in [4.78, 5) is 28.2. The molecule has 128 valence electrons. The summed E-state index contributed by atoms with van der Waals surface area (Å²) in [6.45, 7) is 3.46. The molecule has 2 rings (SSSR count). The number of nitrogens with zero attached hydrogens (tertiary/aromatic N) is 2. The van der Waals surface area contributed by atoms with E-state index in [0.717, 1.165) is 0 Å². The highest BCUT2D eigenvalue weighted by molar-refractivity contribution is 5.88. The van der Waals surface area contributed by atoms with Crippen LogP contribution in [-0.4, -0.2) is 27.1 Å². The maximum absolute atomic E-state index is 12.2. The van der Waals surface area contributed by atoms with Crippen LogP contribution in [0, 0.1) is 6.92 Å². The third kappa shape index (κ3) is 3.98. The fraction of sp³-hybridized carbons (Fsp3) is 0.412. The van der Waals surface area contributed by atoms with Crippen molar-refractivity contribution < 1.29 is 19.2 Å². The molecular weight excluding hydrogens is 310 g/mol. The summed E-state index contributed by atoms with van der Waals surface area (Å²) in [5.74, 6) is -0.367. The standard InChI is InChI=1S/C17H21N3O4/c1-3-17(16(22)23,13-8-5-4-6-9-13)19-14(21)10-7-11-15-18-12(2)20-24-15/h4-6,8-9H,3,7,10-11H2,1-2H3,(H,19,21)(H,22,23). The molecule has 2 aromatic rings. The summed E-state index contributed by atoms with van der Waals surface area (Å²) in [6.07, 6.45) is 1.41. The Hall–Kier alpha value is -2.70. The van der Waals surface area contributed by atoms with Crippen LogP contribution in [0.25, 0.3) is 0 Å². The van der Waals surface area contributed by atoms with Crippen LogP contribution in [0.5, 0.6) is 0 Å². The van der Waals surface area contributed by atoms with Gasteiger partial charge in [0.2, 0.25) is 11.8 Å². The molecule has 1 unspecified atom stereocenters. The second kappa shape index (κ2) is 7.72. The number of carboxylic acids is 1. The highest BCUT2D eigenvalue weighted by atomic mass is 16.5. The molecule has 7 nitrogen and oxygen atoms in total. The van der Waals surface area contributed by atoms with E-state index < -0.39 is 11.5 Å². The lowest BCUT2D eigenvalue weighted by Gasteiger charge is -2.30. The van der Waals surface area contributed by atoms with E-state index in [1.807, 2.05) is 0 Å². The molecule has 0 bridgehead atoms. The number of carboxylic acid groups (broad SMARTS) is 1. The average molecular weight is 331 g/mol. The van der Waals surface area contributed by atoms with Gasteiger partial charge in [0, 0.05) is 12.8 Å². The number of rotatable bonds is 8. The molecule has 7 heteroatoms. The van der Waals surface area contributed by atoms with E-state index in [-0.39, 0.29) is 18.7 Å². The Kier molecular flexibility index (Phi) is 5.68. The number of hydrogen-bond acceptors (Lipinski definition) is 5. The molecule has 2 N–H and O–H groups in total. The monoisotopic (exact) mass is 331 g/mol. The fourth-order valence-electron chi connectivity index (χ4n) is 2.56. The van der Waals surface area contributed by atoms with Gasteiger partial charge in [0.15, 0.2) is 11.4 Å². The normalized spacial score (nSPS) is 13.2. The minimum absolute atomic E-state index is 0.184. The number of aromatic nitrogens is 2. The summed E-state index contributed by atoms with van der Waals surface area (Å²) < 4.78 is 4.99. The van der Waals surface area contributed by atoms with Gasteiger partial charge in [0.1, 0.15) is 0 Å². The third-order valence-electron chi connectivity index (χ3n) is 3.88. The molecule has 24 heavy (non-hydrogen) atoms. The van der Waals surface area contributed by atoms with Crippen LogP contribution in [0.3, 0.4) is 0 Å². The van der Waals surface area contributed by atoms with E-state index in [1.165, 1.54) is 0 Å². The van der Waals surface area contributed by atoms with E-state index >= 15 is 0 Å². The molecule has 1 aromatic heterocycles. The van der Waals surface area contributed by atoms with Crippen molar-refractivity contribution in [2.24, 2.45) is 0 Å². The predicted molar refractivity (Wildman–Crippen MR) is 86.2 cm³/mol. The molecule has 1 aromatic carbocycles. The first-order chi connectivity index (χ1) is 11.5. The Morgan fingerprint density at radius 2 is 2.00 bits per heavy atom. The van der Waals surface area contributed by atoms with Crippen molar-refractivity contribution in [1.82, 2.24) is 15.5 Å². The lowest BCUT2D eigenvalue weighted by Crippen LogP contribution is -2.51. The van der Waals surface area contributed by atoms with Crippen LogP contribution in [0.1, 0.15) is 43.5 Å². The summed E-state index contributed by atoms with van der Waals surface area (Å²) in [5, 5.41) is 16.1. The largest absolute Gasteiger partial charge is 0.479 e. The van der Waals surface area contributed by atoms with Crippen molar-refractivity contribution in [3.8, 4) is 0 Å². The average Bonchev–Trinajstić information content (AvgIpc) is 2.98. The number of carbonyl (C=O) groups is 2. The quantitative estimate of drug-likeness (QED) is 0.768. The second-order valence-corrected chi connectivity index (χ2v) is 5.57.